The molecule has 180 valence electrons. The number of hydrogen-bond donors (Lipinski definition) is 4. The van der Waals surface area contributed by atoms with Crippen LogP contribution in [0.3, 0.4) is 0 Å². The quantitative estimate of drug-likeness (QED) is 0.502. The highest BCUT2D eigenvalue weighted by Gasteiger charge is 2.47. The van der Waals surface area contributed by atoms with Crippen molar-refractivity contribution in [2.24, 2.45) is 17.8 Å². The maximum atomic E-state index is 13.5. The number of carbonyl (C=O) groups is 2. The molecule has 0 radical (unpaired) electrons. The maximum Gasteiger partial charge on any atom is 0.258 e. The van der Waals surface area contributed by atoms with Gasteiger partial charge in [0.05, 0.1) is 11.1 Å². The van der Waals surface area contributed by atoms with Gasteiger partial charge >= 0.3 is 0 Å². The zero-order valence-electron chi connectivity index (χ0n) is 18.6. The Morgan fingerprint density at radius 1 is 1.06 bits per heavy atom. The highest BCUT2D eigenvalue weighted by molar-refractivity contribution is 6.30. The molecule has 6 rings (SSSR count). The van der Waals surface area contributed by atoms with Crippen molar-refractivity contribution in [2.45, 2.75) is 62.7 Å². The molecule has 7 nitrogen and oxygen atoms in total. The summed E-state index contributed by atoms with van der Waals surface area (Å²) in [6.45, 7) is 1.86. The summed E-state index contributed by atoms with van der Waals surface area (Å²) in [7, 11) is 0. The molecule has 5 fully saturated rings. The molecule has 0 aromatic heterocycles. The molecule has 0 spiro atoms. The number of benzene rings is 1. The van der Waals surface area contributed by atoms with E-state index in [1.54, 1.807) is 0 Å². The van der Waals surface area contributed by atoms with Crippen molar-refractivity contribution in [3.63, 3.8) is 0 Å². The van der Waals surface area contributed by atoms with E-state index in [-0.39, 0.29) is 47.3 Å². The number of hydrogen-bond acceptors (Lipinski definition) is 5. The molecule has 3 aliphatic carbocycles. The van der Waals surface area contributed by atoms with Crippen LogP contribution in [-0.4, -0.2) is 55.7 Å². The third-order valence-corrected chi connectivity index (χ3v) is 8.26. The maximum absolute atomic E-state index is 13.5. The van der Waals surface area contributed by atoms with Gasteiger partial charge in [-0.15, -0.1) is 0 Å². The summed E-state index contributed by atoms with van der Waals surface area (Å²) in [6.07, 6.45) is 5.81. The molecule has 2 amide bonds. The summed E-state index contributed by atoms with van der Waals surface area (Å²) in [5.41, 5.74) is 0. The van der Waals surface area contributed by atoms with Gasteiger partial charge in [0.25, 0.3) is 5.91 Å². The van der Waals surface area contributed by atoms with Crippen LogP contribution in [0, 0.1) is 23.6 Å². The fourth-order valence-electron chi connectivity index (χ4n) is 6.00. The Labute approximate surface area is 198 Å². The lowest BCUT2D eigenvalue weighted by molar-refractivity contribution is -0.128. The molecule has 2 bridgehead atoms. The van der Waals surface area contributed by atoms with E-state index in [4.69, 9.17) is 16.3 Å². The Kier molecular flexibility index (Phi) is 6.77. The average molecular weight is 479 g/mol. The lowest BCUT2D eigenvalue weighted by Crippen LogP contribution is -2.63. The van der Waals surface area contributed by atoms with E-state index in [1.165, 1.54) is 18.2 Å². The number of rotatable bonds is 6. The van der Waals surface area contributed by atoms with Crippen LogP contribution in [0.25, 0.3) is 0 Å². The first kappa shape index (κ1) is 22.9. The molecule has 33 heavy (non-hydrogen) atoms. The Morgan fingerprint density at radius 3 is 2.64 bits per heavy atom. The Hall–Kier alpha value is -1.90. The van der Waals surface area contributed by atoms with Crippen LogP contribution >= 0.6 is 11.6 Å². The Balaban J connectivity index is 1.10. The van der Waals surface area contributed by atoms with Gasteiger partial charge in [0.1, 0.15) is 11.6 Å². The monoisotopic (exact) mass is 478 g/mol. The highest BCUT2D eigenvalue weighted by Crippen LogP contribution is 2.45. The minimum Gasteiger partial charge on any atom is -0.484 e. The van der Waals surface area contributed by atoms with E-state index in [1.807, 2.05) is 0 Å². The van der Waals surface area contributed by atoms with Crippen LogP contribution in [0.2, 0.25) is 5.02 Å². The molecule has 5 atom stereocenters. The SMILES string of the molecule is O=C(COc1ccc(Cl)c(F)c1)N[C@@H]1C[C@H](NC(=O)C2CCC3CNCCC3N2)C2CC1C2. The fraction of sp³-hybridized carbons (Fsp3) is 0.667. The van der Waals surface area contributed by atoms with Crippen molar-refractivity contribution in [1.29, 1.82) is 0 Å². The molecule has 1 aromatic carbocycles. The van der Waals surface area contributed by atoms with Gasteiger partial charge in [0.15, 0.2) is 6.61 Å². The summed E-state index contributed by atoms with van der Waals surface area (Å²) < 4.78 is 19.0. The van der Waals surface area contributed by atoms with Crippen molar-refractivity contribution >= 4 is 23.4 Å². The van der Waals surface area contributed by atoms with Gasteiger partial charge < -0.3 is 26.0 Å². The van der Waals surface area contributed by atoms with Crippen LogP contribution < -0.4 is 26.0 Å². The van der Waals surface area contributed by atoms with E-state index in [0.29, 0.717) is 23.8 Å². The van der Waals surface area contributed by atoms with Gasteiger partial charge in [-0.25, -0.2) is 4.39 Å². The topological polar surface area (TPSA) is 91.5 Å². The molecule has 2 aliphatic heterocycles. The van der Waals surface area contributed by atoms with E-state index in [2.05, 4.69) is 21.3 Å². The smallest absolute Gasteiger partial charge is 0.258 e. The second-order valence-corrected chi connectivity index (χ2v) is 10.4. The molecule has 1 aromatic rings. The molecule has 3 unspecified atom stereocenters. The number of amides is 2. The molecule has 4 N–H and O–H groups in total. The third-order valence-electron chi connectivity index (χ3n) is 7.96. The fourth-order valence-corrected chi connectivity index (χ4v) is 6.12. The summed E-state index contributed by atoms with van der Waals surface area (Å²) in [6, 6.07) is 4.52. The lowest BCUT2D eigenvalue weighted by Gasteiger charge is -2.52. The highest BCUT2D eigenvalue weighted by atomic mass is 35.5. The second kappa shape index (κ2) is 9.76. The van der Waals surface area contributed by atoms with Gasteiger partial charge in [-0.1, -0.05) is 11.6 Å². The molecular weight excluding hydrogens is 447 g/mol. The van der Waals surface area contributed by atoms with Crippen molar-refractivity contribution < 1.29 is 18.7 Å². The molecule has 5 aliphatic rings. The van der Waals surface area contributed by atoms with Crippen LogP contribution in [0.4, 0.5) is 4.39 Å². The van der Waals surface area contributed by atoms with Crippen molar-refractivity contribution in [3.05, 3.63) is 29.0 Å². The third kappa shape index (κ3) is 5.12. The average Bonchev–Trinajstić information content (AvgIpc) is 2.78. The van der Waals surface area contributed by atoms with Crippen LogP contribution in [0.5, 0.6) is 5.75 Å². The van der Waals surface area contributed by atoms with Crippen LogP contribution in [0.15, 0.2) is 18.2 Å². The van der Waals surface area contributed by atoms with Gasteiger partial charge in [-0.05, 0) is 81.5 Å². The number of nitrogens with one attached hydrogen (secondary N) is 4. The molecular formula is C24H32ClFN4O3. The van der Waals surface area contributed by atoms with Crippen molar-refractivity contribution in [3.8, 4) is 5.75 Å². The zero-order valence-corrected chi connectivity index (χ0v) is 19.4. The lowest BCUT2D eigenvalue weighted by atomic mass is 9.60. The Morgan fingerprint density at radius 2 is 1.85 bits per heavy atom. The largest absolute Gasteiger partial charge is 0.484 e. The molecule has 9 heteroatoms. The van der Waals surface area contributed by atoms with Gasteiger partial charge in [-0.2, -0.15) is 0 Å². The van der Waals surface area contributed by atoms with E-state index in [0.717, 1.165) is 51.6 Å². The minimum atomic E-state index is -0.580. The summed E-state index contributed by atoms with van der Waals surface area (Å²) in [5.74, 6) is 1.11. The van der Waals surface area contributed by atoms with Crippen molar-refractivity contribution in [1.82, 2.24) is 21.3 Å². The molecule has 2 saturated heterocycles. The Bertz CT molecular complexity index is 896. The second-order valence-electron chi connectivity index (χ2n) is 10.0. The first-order valence-corrected chi connectivity index (χ1v) is 12.5. The van der Waals surface area contributed by atoms with E-state index < -0.39 is 5.82 Å². The first-order valence-electron chi connectivity index (χ1n) is 12.1. The molecule has 3 saturated carbocycles. The number of piperidine rings is 2. The predicted octanol–water partition coefficient (Wildman–Crippen LogP) is 1.99. The number of fused-ring (bicyclic) bond motifs is 3. The normalized spacial score (nSPS) is 35.0. The number of carbonyl (C=O) groups excluding carboxylic acids is 2. The summed E-state index contributed by atoms with van der Waals surface area (Å²) in [4.78, 5) is 25.5. The summed E-state index contributed by atoms with van der Waals surface area (Å²) >= 11 is 5.68. The van der Waals surface area contributed by atoms with Gasteiger partial charge in [0.2, 0.25) is 5.91 Å². The number of ether oxygens (including phenoxy) is 1. The standard InChI is InChI=1S/C24H32ClFN4O3/c25-17-3-2-16(9-18(17)26)33-12-23(31)29-21-10-22(15-7-14(21)8-15)30-24(32)20-4-1-13-11-27-6-5-19(13)28-20/h2-3,9,13-15,19-22,27-28H,1,4-8,10-12H2,(H,29,31)(H,30,32)/t13?,14?,15?,19?,20?,21-,22+/m1/s1. The summed E-state index contributed by atoms with van der Waals surface area (Å²) in [5, 5.41) is 13.4. The molecule has 2 heterocycles. The minimum absolute atomic E-state index is 0.0145. The number of halogens is 2. The van der Waals surface area contributed by atoms with Gasteiger partial charge in [-0.3, -0.25) is 9.59 Å². The zero-order chi connectivity index (χ0) is 22.9. The van der Waals surface area contributed by atoms with Crippen LogP contribution in [0.1, 0.15) is 38.5 Å². The van der Waals surface area contributed by atoms with Crippen LogP contribution in [-0.2, 0) is 9.59 Å². The predicted molar refractivity (Wildman–Crippen MR) is 123 cm³/mol. The van der Waals surface area contributed by atoms with E-state index in [9.17, 15) is 14.0 Å². The first-order chi connectivity index (χ1) is 16.0. The van der Waals surface area contributed by atoms with Crippen molar-refractivity contribution in [2.75, 3.05) is 19.7 Å². The van der Waals surface area contributed by atoms with E-state index >= 15 is 0 Å². The van der Waals surface area contributed by atoms with Gasteiger partial charge in [0, 0.05) is 24.2 Å².